The van der Waals surface area contributed by atoms with Gasteiger partial charge in [-0.2, -0.15) is 4.31 Å². The first-order chi connectivity index (χ1) is 15.3. The third-order valence-electron chi connectivity index (χ3n) is 5.01. The number of carbonyl (C=O) groups is 1. The van der Waals surface area contributed by atoms with Gasteiger partial charge in [-0.1, -0.05) is 6.07 Å². The Bertz CT molecular complexity index is 1270. The molecule has 0 spiro atoms. The van der Waals surface area contributed by atoms with Crippen molar-refractivity contribution in [3.63, 3.8) is 0 Å². The Balaban J connectivity index is 1.43. The fourth-order valence-corrected chi connectivity index (χ4v) is 5.56. The molecule has 0 N–H and O–H groups in total. The molecule has 9 nitrogen and oxygen atoms in total. The standard InChI is InChI=1S/C20H17FN4O5S2/c21-15-6-4-14(5-7-15)19-22-18(13-31-19)20(26)23-8-10-24(11-9-23)32(29,30)17-3-1-2-16(12-17)25(27)28/h1-7,12-13H,8-11H2. The number of thiazole rings is 1. The van der Waals surface area contributed by atoms with Crippen LogP contribution in [0.25, 0.3) is 10.6 Å². The molecule has 1 amide bonds. The van der Waals surface area contributed by atoms with Gasteiger partial charge in [0.25, 0.3) is 11.6 Å². The van der Waals surface area contributed by atoms with E-state index >= 15 is 0 Å². The largest absolute Gasteiger partial charge is 0.335 e. The van der Waals surface area contributed by atoms with Gasteiger partial charge in [0, 0.05) is 49.3 Å². The number of nitro benzene ring substituents is 1. The fourth-order valence-electron chi connectivity index (χ4n) is 3.30. The predicted octanol–water partition coefficient (Wildman–Crippen LogP) is 3.00. The molecule has 0 unspecified atom stereocenters. The van der Waals surface area contributed by atoms with Crippen LogP contribution in [-0.2, 0) is 10.0 Å². The van der Waals surface area contributed by atoms with Gasteiger partial charge in [0.1, 0.15) is 16.5 Å². The Morgan fingerprint density at radius 2 is 1.78 bits per heavy atom. The second kappa shape index (κ2) is 8.73. The maximum absolute atomic E-state index is 13.1. The highest BCUT2D eigenvalue weighted by atomic mass is 32.2. The number of aromatic nitrogens is 1. The second-order valence-electron chi connectivity index (χ2n) is 7.00. The summed E-state index contributed by atoms with van der Waals surface area (Å²) in [6.45, 7) is 0.449. The minimum Gasteiger partial charge on any atom is -0.335 e. The lowest BCUT2D eigenvalue weighted by molar-refractivity contribution is -0.385. The van der Waals surface area contributed by atoms with Gasteiger partial charge in [-0.3, -0.25) is 14.9 Å². The fraction of sp³-hybridized carbons (Fsp3) is 0.200. The Labute approximate surface area is 186 Å². The van der Waals surface area contributed by atoms with Crippen molar-refractivity contribution in [2.24, 2.45) is 0 Å². The SMILES string of the molecule is O=C(c1csc(-c2ccc(F)cc2)n1)N1CCN(S(=O)(=O)c2cccc([N+](=O)[O-])c2)CC1. The molecule has 12 heteroatoms. The highest BCUT2D eigenvalue weighted by molar-refractivity contribution is 7.89. The number of halogens is 1. The highest BCUT2D eigenvalue weighted by Gasteiger charge is 2.31. The van der Waals surface area contributed by atoms with Crippen LogP contribution in [0.15, 0.2) is 58.8 Å². The zero-order valence-corrected chi connectivity index (χ0v) is 18.2. The molecule has 4 rings (SSSR count). The summed E-state index contributed by atoms with van der Waals surface area (Å²) >= 11 is 1.26. The summed E-state index contributed by atoms with van der Waals surface area (Å²) in [6, 6.07) is 10.7. The van der Waals surface area contributed by atoms with Gasteiger partial charge in [0.15, 0.2) is 0 Å². The molecule has 0 atom stereocenters. The number of amides is 1. The van der Waals surface area contributed by atoms with Crippen LogP contribution in [0, 0.1) is 15.9 Å². The number of nitrogens with zero attached hydrogens (tertiary/aromatic N) is 4. The van der Waals surface area contributed by atoms with Crippen molar-refractivity contribution in [2.45, 2.75) is 4.90 Å². The van der Waals surface area contributed by atoms with Crippen LogP contribution in [0.3, 0.4) is 0 Å². The molecule has 0 saturated carbocycles. The van der Waals surface area contributed by atoms with E-state index in [4.69, 9.17) is 0 Å². The summed E-state index contributed by atoms with van der Waals surface area (Å²) in [5, 5.41) is 13.1. The van der Waals surface area contributed by atoms with Crippen molar-refractivity contribution in [1.29, 1.82) is 0 Å². The molecule has 1 aliphatic rings. The van der Waals surface area contributed by atoms with E-state index in [-0.39, 0.29) is 54.2 Å². The molecule has 2 heterocycles. The lowest BCUT2D eigenvalue weighted by Crippen LogP contribution is -2.50. The minimum atomic E-state index is -3.92. The van der Waals surface area contributed by atoms with E-state index in [0.29, 0.717) is 10.6 Å². The maximum atomic E-state index is 13.1. The van der Waals surface area contributed by atoms with E-state index in [1.807, 2.05) is 0 Å². The molecule has 1 aromatic heterocycles. The average molecular weight is 477 g/mol. The summed E-state index contributed by atoms with van der Waals surface area (Å²) < 4.78 is 40.0. The average Bonchev–Trinajstić information content (AvgIpc) is 3.29. The molecule has 0 aliphatic carbocycles. The van der Waals surface area contributed by atoms with Gasteiger partial charge in [0.05, 0.1) is 9.82 Å². The Morgan fingerprint density at radius 1 is 1.09 bits per heavy atom. The van der Waals surface area contributed by atoms with Crippen molar-refractivity contribution in [3.05, 3.63) is 75.5 Å². The lowest BCUT2D eigenvalue weighted by Gasteiger charge is -2.33. The van der Waals surface area contributed by atoms with E-state index in [1.54, 1.807) is 17.5 Å². The molecule has 32 heavy (non-hydrogen) atoms. The number of sulfonamides is 1. The van der Waals surface area contributed by atoms with Crippen LogP contribution in [-0.4, -0.2) is 59.6 Å². The van der Waals surface area contributed by atoms with Crippen molar-refractivity contribution >= 4 is 33.0 Å². The zero-order valence-electron chi connectivity index (χ0n) is 16.5. The van der Waals surface area contributed by atoms with Crippen LogP contribution in [0.4, 0.5) is 10.1 Å². The van der Waals surface area contributed by atoms with Crippen molar-refractivity contribution in [2.75, 3.05) is 26.2 Å². The molecule has 2 aromatic carbocycles. The number of piperazine rings is 1. The number of nitro groups is 1. The molecule has 1 fully saturated rings. The summed E-state index contributed by atoms with van der Waals surface area (Å²) in [6.07, 6.45) is 0. The molecular weight excluding hydrogens is 459 g/mol. The summed E-state index contributed by atoms with van der Waals surface area (Å²) in [4.78, 5) is 28.8. The van der Waals surface area contributed by atoms with Crippen molar-refractivity contribution < 1.29 is 22.5 Å². The third-order valence-corrected chi connectivity index (χ3v) is 7.79. The van der Waals surface area contributed by atoms with Crippen LogP contribution in [0.5, 0.6) is 0 Å². The maximum Gasteiger partial charge on any atom is 0.273 e. The van der Waals surface area contributed by atoms with Gasteiger partial charge >= 0.3 is 0 Å². The number of hydrogen-bond acceptors (Lipinski definition) is 7. The van der Waals surface area contributed by atoms with Gasteiger partial charge in [-0.15, -0.1) is 11.3 Å². The van der Waals surface area contributed by atoms with Gasteiger partial charge < -0.3 is 4.90 Å². The number of hydrogen-bond donors (Lipinski definition) is 0. The first kappa shape index (κ1) is 22.0. The van der Waals surface area contributed by atoms with Gasteiger partial charge in [0.2, 0.25) is 10.0 Å². The highest BCUT2D eigenvalue weighted by Crippen LogP contribution is 2.26. The number of non-ortho nitro benzene ring substituents is 1. The molecule has 1 aliphatic heterocycles. The van der Waals surface area contributed by atoms with E-state index in [1.165, 1.54) is 50.9 Å². The topological polar surface area (TPSA) is 114 Å². The smallest absolute Gasteiger partial charge is 0.273 e. The molecule has 0 bridgehead atoms. The number of carbonyl (C=O) groups excluding carboxylic acids is 1. The lowest BCUT2D eigenvalue weighted by atomic mass is 10.2. The first-order valence-corrected chi connectivity index (χ1v) is 11.8. The quantitative estimate of drug-likeness (QED) is 0.413. The van der Waals surface area contributed by atoms with E-state index in [9.17, 15) is 27.7 Å². The monoisotopic (exact) mass is 476 g/mol. The third kappa shape index (κ3) is 4.38. The van der Waals surface area contributed by atoms with Crippen LogP contribution in [0.1, 0.15) is 10.5 Å². The molecule has 166 valence electrons. The van der Waals surface area contributed by atoms with E-state index < -0.39 is 14.9 Å². The van der Waals surface area contributed by atoms with Crippen molar-refractivity contribution in [1.82, 2.24) is 14.2 Å². The first-order valence-electron chi connectivity index (χ1n) is 9.51. The van der Waals surface area contributed by atoms with E-state index in [0.717, 1.165) is 6.07 Å². The van der Waals surface area contributed by atoms with E-state index in [2.05, 4.69) is 4.98 Å². The Kier molecular flexibility index (Phi) is 6.00. The molecule has 1 saturated heterocycles. The molecule has 3 aromatic rings. The van der Waals surface area contributed by atoms with Crippen LogP contribution >= 0.6 is 11.3 Å². The normalized spacial score (nSPS) is 15.0. The molecule has 0 radical (unpaired) electrons. The van der Waals surface area contributed by atoms with Crippen LogP contribution in [0.2, 0.25) is 0 Å². The number of rotatable bonds is 5. The van der Waals surface area contributed by atoms with Crippen LogP contribution < -0.4 is 0 Å². The second-order valence-corrected chi connectivity index (χ2v) is 9.79. The summed E-state index contributed by atoms with van der Waals surface area (Å²) in [7, 11) is -3.92. The summed E-state index contributed by atoms with van der Waals surface area (Å²) in [5.74, 6) is -0.679. The zero-order chi connectivity index (χ0) is 22.9. The van der Waals surface area contributed by atoms with Gasteiger partial charge in [-0.05, 0) is 30.3 Å². The summed E-state index contributed by atoms with van der Waals surface area (Å²) in [5.41, 5.74) is 0.632. The number of benzene rings is 2. The predicted molar refractivity (Wildman–Crippen MR) is 115 cm³/mol. The molecular formula is C20H17FN4O5S2. The Hall–Kier alpha value is -3.22. The Morgan fingerprint density at radius 3 is 2.44 bits per heavy atom. The minimum absolute atomic E-state index is 0.0612. The van der Waals surface area contributed by atoms with Gasteiger partial charge in [-0.25, -0.2) is 17.8 Å². The van der Waals surface area contributed by atoms with Crippen molar-refractivity contribution in [3.8, 4) is 10.6 Å².